The van der Waals surface area contributed by atoms with Crippen LogP contribution in [0.3, 0.4) is 0 Å². The summed E-state index contributed by atoms with van der Waals surface area (Å²) in [6.45, 7) is 2.88. The van der Waals surface area contributed by atoms with E-state index in [2.05, 4.69) is 51.6 Å². The van der Waals surface area contributed by atoms with Crippen LogP contribution in [-0.4, -0.2) is 36.8 Å². The SMILES string of the molecule is NC(=O)Oc1cc2cc(N3CCNC[C@@H]3Cc3ccccc3)ccc2[nH]1. The quantitative estimate of drug-likeness (QED) is 0.675. The number of hydrogen-bond acceptors (Lipinski definition) is 4. The summed E-state index contributed by atoms with van der Waals surface area (Å²) in [5.41, 5.74) is 8.51. The number of rotatable bonds is 4. The fourth-order valence-electron chi connectivity index (χ4n) is 3.60. The van der Waals surface area contributed by atoms with Crippen LogP contribution in [0.1, 0.15) is 5.56 Å². The summed E-state index contributed by atoms with van der Waals surface area (Å²) in [6.07, 6.45) is 0.177. The van der Waals surface area contributed by atoms with Crippen molar-refractivity contribution in [2.75, 3.05) is 24.5 Å². The number of aromatic amines is 1. The van der Waals surface area contributed by atoms with E-state index in [4.69, 9.17) is 10.5 Å². The number of ether oxygens (including phenoxy) is 1. The van der Waals surface area contributed by atoms with Gasteiger partial charge < -0.3 is 25.7 Å². The zero-order valence-electron chi connectivity index (χ0n) is 14.4. The van der Waals surface area contributed by atoms with E-state index in [9.17, 15) is 4.79 Å². The van der Waals surface area contributed by atoms with Crippen LogP contribution in [0.5, 0.6) is 5.88 Å². The molecular formula is C20H22N4O2. The minimum Gasteiger partial charge on any atom is -0.393 e. The van der Waals surface area contributed by atoms with Crippen molar-refractivity contribution in [1.82, 2.24) is 10.3 Å². The van der Waals surface area contributed by atoms with Gasteiger partial charge in [-0.05, 0) is 30.2 Å². The molecule has 2 heterocycles. The van der Waals surface area contributed by atoms with Gasteiger partial charge in [0.2, 0.25) is 5.88 Å². The average Bonchev–Trinajstić information content (AvgIpc) is 3.03. The molecule has 26 heavy (non-hydrogen) atoms. The standard InChI is InChI=1S/C20H22N4O2/c21-20(25)26-19-12-15-11-16(6-7-18(15)23-19)24-9-8-22-13-17(24)10-14-4-2-1-3-5-14/h1-7,11-12,17,22-23H,8-10,13H2,(H2,21,25)/t17-/m0/s1. The van der Waals surface area contributed by atoms with Gasteiger partial charge in [-0.2, -0.15) is 0 Å². The largest absolute Gasteiger partial charge is 0.411 e. The third-order valence-electron chi connectivity index (χ3n) is 4.79. The van der Waals surface area contributed by atoms with E-state index >= 15 is 0 Å². The number of H-pyrrole nitrogens is 1. The van der Waals surface area contributed by atoms with E-state index in [0.717, 1.165) is 37.0 Å². The molecule has 6 nitrogen and oxygen atoms in total. The Bertz CT molecular complexity index is 907. The van der Waals surface area contributed by atoms with Crippen LogP contribution in [0.25, 0.3) is 10.9 Å². The number of benzene rings is 2. The molecule has 1 fully saturated rings. The highest BCUT2D eigenvalue weighted by molar-refractivity contribution is 5.86. The van der Waals surface area contributed by atoms with Crippen molar-refractivity contribution in [2.24, 2.45) is 5.73 Å². The van der Waals surface area contributed by atoms with E-state index in [0.29, 0.717) is 11.9 Å². The van der Waals surface area contributed by atoms with Crippen LogP contribution < -0.4 is 20.7 Å². The lowest BCUT2D eigenvalue weighted by Gasteiger charge is -2.38. The molecule has 134 valence electrons. The molecule has 2 aromatic carbocycles. The van der Waals surface area contributed by atoms with Crippen LogP contribution in [0.4, 0.5) is 10.5 Å². The number of carbonyl (C=O) groups excluding carboxylic acids is 1. The molecule has 1 amide bonds. The first-order valence-electron chi connectivity index (χ1n) is 8.80. The van der Waals surface area contributed by atoms with Crippen molar-refractivity contribution >= 4 is 22.7 Å². The van der Waals surface area contributed by atoms with Crippen molar-refractivity contribution in [3.63, 3.8) is 0 Å². The maximum Gasteiger partial charge on any atom is 0.411 e. The van der Waals surface area contributed by atoms with Crippen molar-refractivity contribution < 1.29 is 9.53 Å². The number of hydrogen-bond donors (Lipinski definition) is 3. The van der Waals surface area contributed by atoms with Crippen molar-refractivity contribution in [2.45, 2.75) is 12.5 Å². The summed E-state index contributed by atoms with van der Waals surface area (Å²) >= 11 is 0. The van der Waals surface area contributed by atoms with Crippen LogP contribution in [0, 0.1) is 0 Å². The van der Waals surface area contributed by atoms with Gasteiger partial charge in [0.25, 0.3) is 0 Å². The highest BCUT2D eigenvalue weighted by Gasteiger charge is 2.23. The Morgan fingerprint density at radius 1 is 1.19 bits per heavy atom. The van der Waals surface area contributed by atoms with Crippen LogP contribution >= 0.6 is 0 Å². The molecule has 4 N–H and O–H groups in total. The van der Waals surface area contributed by atoms with Crippen LogP contribution in [0.2, 0.25) is 0 Å². The van der Waals surface area contributed by atoms with Gasteiger partial charge in [-0.15, -0.1) is 0 Å². The highest BCUT2D eigenvalue weighted by atomic mass is 16.6. The minimum absolute atomic E-state index is 0.366. The van der Waals surface area contributed by atoms with Gasteiger partial charge in [0.15, 0.2) is 0 Å². The Labute approximate surface area is 151 Å². The predicted molar refractivity (Wildman–Crippen MR) is 103 cm³/mol. The molecule has 1 saturated heterocycles. The normalized spacial score (nSPS) is 17.4. The molecule has 4 rings (SSSR count). The number of fused-ring (bicyclic) bond motifs is 1. The molecule has 0 saturated carbocycles. The molecule has 6 heteroatoms. The Morgan fingerprint density at radius 3 is 2.85 bits per heavy atom. The summed E-state index contributed by atoms with van der Waals surface area (Å²) in [6, 6.07) is 19.0. The lowest BCUT2D eigenvalue weighted by molar-refractivity contribution is 0.209. The number of carbonyl (C=O) groups is 1. The molecule has 1 aliphatic heterocycles. The number of nitrogens with one attached hydrogen (secondary N) is 2. The lowest BCUT2D eigenvalue weighted by Crippen LogP contribution is -2.52. The zero-order valence-corrected chi connectivity index (χ0v) is 14.4. The number of amides is 1. The fourth-order valence-corrected chi connectivity index (χ4v) is 3.60. The number of primary amides is 1. The number of aromatic nitrogens is 1. The fraction of sp³-hybridized carbons (Fsp3) is 0.250. The van der Waals surface area contributed by atoms with Gasteiger partial charge in [0.05, 0.1) is 0 Å². The van der Waals surface area contributed by atoms with Gasteiger partial charge in [-0.1, -0.05) is 30.3 Å². The second-order valence-corrected chi connectivity index (χ2v) is 6.57. The Morgan fingerprint density at radius 2 is 2.04 bits per heavy atom. The average molecular weight is 350 g/mol. The van der Waals surface area contributed by atoms with Crippen molar-refractivity contribution in [3.05, 3.63) is 60.2 Å². The number of nitrogens with zero attached hydrogens (tertiary/aromatic N) is 1. The molecule has 0 spiro atoms. The molecular weight excluding hydrogens is 328 g/mol. The first-order valence-corrected chi connectivity index (χ1v) is 8.80. The summed E-state index contributed by atoms with van der Waals surface area (Å²) in [7, 11) is 0. The number of anilines is 1. The third kappa shape index (κ3) is 3.50. The van der Waals surface area contributed by atoms with Gasteiger partial charge in [-0.25, -0.2) is 4.79 Å². The molecule has 1 atom stereocenters. The first kappa shape index (κ1) is 16.5. The number of piperazine rings is 1. The Balaban J connectivity index is 1.60. The molecule has 0 aliphatic carbocycles. The second kappa shape index (κ2) is 7.09. The molecule has 3 aromatic rings. The monoisotopic (exact) mass is 350 g/mol. The zero-order chi connectivity index (χ0) is 17.9. The van der Waals surface area contributed by atoms with E-state index in [1.54, 1.807) is 6.07 Å². The topological polar surface area (TPSA) is 83.4 Å². The predicted octanol–water partition coefficient (Wildman–Crippen LogP) is 2.65. The highest BCUT2D eigenvalue weighted by Crippen LogP contribution is 2.28. The Kier molecular flexibility index (Phi) is 4.50. The van der Waals surface area contributed by atoms with Gasteiger partial charge >= 0.3 is 6.09 Å². The van der Waals surface area contributed by atoms with Crippen molar-refractivity contribution in [3.8, 4) is 5.88 Å². The van der Waals surface area contributed by atoms with Gasteiger partial charge in [0.1, 0.15) is 0 Å². The lowest BCUT2D eigenvalue weighted by atomic mass is 10.0. The summed E-state index contributed by atoms with van der Waals surface area (Å²) in [4.78, 5) is 16.4. The summed E-state index contributed by atoms with van der Waals surface area (Å²) < 4.78 is 4.94. The van der Waals surface area contributed by atoms with E-state index < -0.39 is 6.09 Å². The van der Waals surface area contributed by atoms with Gasteiger partial charge in [-0.3, -0.25) is 0 Å². The van der Waals surface area contributed by atoms with Crippen LogP contribution in [0.15, 0.2) is 54.6 Å². The second-order valence-electron chi connectivity index (χ2n) is 6.57. The minimum atomic E-state index is -0.818. The number of nitrogens with two attached hydrogens (primary N) is 1. The molecule has 1 aliphatic rings. The third-order valence-corrected chi connectivity index (χ3v) is 4.79. The molecule has 0 radical (unpaired) electrons. The smallest absolute Gasteiger partial charge is 0.393 e. The van der Waals surface area contributed by atoms with Gasteiger partial charge in [0, 0.05) is 48.3 Å². The summed E-state index contributed by atoms with van der Waals surface area (Å²) in [5, 5.41) is 4.49. The first-order chi connectivity index (χ1) is 12.7. The molecule has 1 aromatic heterocycles. The van der Waals surface area contributed by atoms with E-state index in [1.165, 1.54) is 11.3 Å². The maximum atomic E-state index is 10.9. The molecule has 0 bridgehead atoms. The van der Waals surface area contributed by atoms with Crippen LogP contribution in [-0.2, 0) is 6.42 Å². The van der Waals surface area contributed by atoms with E-state index in [-0.39, 0.29) is 0 Å². The maximum absolute atomic E-state index is 10.9. The Hall–Kier alpha value is -2.99. The van der Waals surface area contributed by atoms with Crippen molar-refractivity contribution in [1.29, 1.82) is 0 Å². The molecule has 0 unspecified atom stereocenters. The van der Waals surface area contributed by atoms with E-state index in [1.807, 2.05) is 12.1 Å². The summed E-state index contributed by atoms with van der Waals surface area (Å²) in [5.74, 6) is 0.366.